The van der Waals surface area contributed by atoms with E-state index >= 15 is 0 Å². The van der Waals surface area contributed by atoms with Crippen LogP contribution >= 0.6 is 11.3 Å². The van der Waals surface area contributed by atoms with Crippen molar-refractivity contribution >= 4 is 27.3 Å². The molecule has 0 radical (unpaired) electrons. The summed E-state index contributed by atoms with van der Waals surface area (Å²) in [6, 6.07) is 11.2. The Bertz CT molecular complexity index is 1500. The summed E-state index contributed by atoms with van der Waals surface area (Å²) in [5.74, 6) is 1.86. The van der Waals surface area contributed by atoms with Gasteiger partial charge in [-0.2, -0.15) is 5.10 Å². The number of hydrogen-bond acceptors (Lipinski definition) is 9. The quantitative estimate of drug-likeness (QED) is 0.337. The maximum atomic E-state index is 11.0. The molecule has 1 aromatic carbocycles. The van der Waals surface area contributed by atoms with Crippen LogP contribution in [0.4, 0.5) is 0 Å². The minimum Gasteiger partial charge on any atom is -0.496 e. The lowest BCUT2D eigenvalue weighted by Gasteiger charge is -2.31. The fourth-order valence-electron chi connectivity index (χ4n) is 4.39. The van der Waals surface area contributed by atoms with Gasteiger partial charge in [-0.15, -0.1) is 0 Å². The van der Waals surface area contributed by atoms with Gasteiger partial charge < -0.3 is 23.7 Å². The number of aromatic nitrogens is 4. The summed E-state index contributed by atoms with van der Waals surface area (Å²) >= 11 is 1.57. The Morgan fingerprint density at radius 2 is 2.03 bits per heavy atom. The molecule has 5 heterocycles. The Balaban J connectivity index is 1.29. The van der Waals surface area contributed by atoms with E-state index in [1.807, 2.05) is 42.6 Å². The molecule has 0 amide bonds. The molecule has 9 nitrogen and oxygen atoms in total. The number of methoxy groups -OCH3 is 1. The number of hydrogen-bond donors (Lipinski definition) is 1. The van der Waals surface area contributed by atoms with Crippen LogP contribution in [0.25, 0.3) is 27.4 Å². The van der Waals surface area contributed by atoms with E-state index in [0.717, 1.165) is 27.5 Å². The molecule has 1 saturated heterocycles. The summed E-state index contributed by atoms with van der Waals surface area (Å²) in [6.07, 6.45) is 3.80. The van der Waals surface area contributed by atoms with Crippen molar-refractivity contribution in [3.05, 3.63) is 59.0 Å². The Morgan fingerprint density at radius 1 is 1.17 bits per heavy atom. The van der Waals surface area contributed by atoms with Gasteiger partial charge in [-0.1, -0.05) is 24.3 Å². The van der Waals surface area contributed by atoms with Crippen molar-refractivity contribution in [3.8, 4) is 23.0 Å². The van der Waals surface area contributed by atoms with Crippen molar-refractivity contribution in [2.24, 2.45) is 0 Å². The highest BCUT2D eigenvalue weighted by Gasteiger charge is 2.33. The van der Waals surface area contributed by atoms with Gasteiger partial charge in [0.05, 0.1) is 30.1 Å². The summed E-state index contributed by atoms with van der Waals surface area (Å²) in [4.78, 5) is 10.2. The van der Waals surface area contributed by atoms with Crippen molar-refractivity contribution in [2.45, 2.75) is 38.4 Å². The molecule has 4 aromatic heterocycles. The molecule has 1 aliphatic heterocycles. The highest BCUT2D eigenvalue weighted by Crippen LogP contribution is 2.37. The number of benzene rings is 1. The van der Waals surface area contributed by atoms with E-state index in [2.05, 4.69) is 22.0 Å². The predicted molar refractivity (Wildman–Crippen MR) is 135 cm³/mol. The van der Waals surface area contributed by atoms with Gasteiger partial charge in [0.25, 0.3) is 0 Å². The third-order valence-electron chi connectivity index (χ3n) is 6.43. The monoisotopic (exact) mass is 506 g/mol. The van der Waals surface area contributed by atoms with Crippen molar-refractivity contribution < 1.29 is 23.7 Å². The third-order valence-corrected chi connectivity index (χ3v) is 7.49. The van der Waals surface area contributed by atoms with Gasteiger partial charge in [-0.3, -0.25) is 4.98 Å². The predicted octanol–water partition coefficient (Wildman–Crippen LogP) is 4.75. The summed E-state index contributed by atoms with van der Waals surface area (Å²) in [5, 5.41) is 17.4. The van der Waals surface area contributed by atoms with Crippen LogP contribution in [-0.2, 0) is 23.4 Å². The second-order valence-corrected chi connectivity index (χ2v) is 9.84. The van der Waals surface area contributed by atoms with E-state index in [0.29, 0.717) is 60.3 Å². The lowest BCUT2D eigenvalue weighted by Crippen LogP contribution is -2.34. The van der Waals surface area contributed by atoms with Crippen LogP contribution in [0.3, 0.4) is 0 Å². The van der Waals surface area contributed by atoms with Crippen LogP contribution < -0.4 is 9.47 Å². The smallest absolute Gasteiger partial charge is 0.212 e. The molecule has 36 heavy (non-hydrogen) atoms. The third kappa shape index (κ3) is 4.21. The normalized spacial score (nSPS) is 15.5. The number of nitrogens with zero attached hydrogens (tertiary/aromatic N) is 4. The molecule has 0 atom stereocenters. The second kappa shape index (κ2) is 9.20. The molecular formula is C26H26N4O5S. The molecular weight excluding hydrogens is 480 g/mol. The molecule has 1 fully saturated rings. The highest BCUT2D eigenvalue weighted by molar-refractivity contribution is 7.16. The van der Waals surface area contributed by atoms with Crippen molar-refractivity contribution in [1.82, 2.24) is 19.6 Å². The molecule has 5 aromatic rings. The lowest BCUT2D eigenvalue weighted by atomic mass is 9.90. The Morgan fingerprint density at radius 3 is 2.81 bits per heavy atom. The van der Waals surface area contributed by atoms with E-state index in [9.17, 15) is 5.11 Å². The lowest BCUT2D eigenvalue weighted by molar-refractivity contribution is -0.0706. The SMILES string of the molecule is CCc1nn2cc(-c3cc4c(OCc5cccc(C6(O)CCOCC6)n5)cc(OC)cc4o3)nc2s1. The molecule has 6 rings (SSSR count). The maximum absolute atomic E-state index is 11.0. The number of aliphatic hydroxyl groups is 1. The summed E-state index contributed by atoms with van der Waals surface area (Å²) < 4.78 is 25.0. The number of furan rings is 1. The molecule has 0 bridgehead atoms. The maximum Gasteiger partial charge on any atom is 0.212 e. The Kier molecular flexibility index (Phi) is 5.87. The standard InChI is InChI=1S/C26H26N4O5S/c1-3-24-29-30-14-19(28-25(30)36-24)22-13-18-20(11-17(32-2)12-21(18)35-22)34-15-16-5-4-6-23(27-16)26(31)7-9-33-10-8-26/h4-6,11-14,31H,3,7-10,15H2,1-2H3. The number of fused-ring (bicyclic) bond motifs is 2. The molecule has 1 aliphatic rings. The Hall–Kier alpha value is -3.47. The van der Waals surface area contributed by atoms with Crippen LogP contribution in [0.2, 0.25) is 0 Å². The van der Waals surface area contributed by atoms with Crippen LogP contribution in [-0.4, -0.2) is 45.0 Å². The van der Waals surface area contributed by atoms with E-state index in [1.54, 1.807) is 23.0 Å². The first kappa shape index (κ1) is 23.0. The van der Waals surface area contributed by atoms with Gasteiger partial charge in [0.2, 0.25) is 4.96 Å². The summed E-state index contributed by atoms with van der Waals surface area (Å²) in [6.45, 7) is 3.35. The first-order chi connectivity index (χ1) is 17.5. The van der Waals surface area contributed by atoms with Gasteiger partial charge >= 0.3 is 0 Å². The zero-order valence-electron chi connectivity index (χ0n) is 20.1. The number of aryl methyl sites for hydroxylation is 1. The van der Waals surface area contributed by atoms with Crippen LogP contribution in [0.1, 0.15) is 36.2 Å². The van der Waals surface area contributed by atoms with Gasteiger partial charge in [0.1, 0.15) is 40.0 Å². The molecule has 0 saturated carbocycles. The van der Waals surface area contributed by atoms with Crippen molar-refractivity contribution in [3.63, 3.8) is 0 Å². The summed E-state index contributed by atoms with van der Waals surface area (Å²) in [5.41, 5.74) is 1.74. The topological polar surface area (TPSA) is 104 Å². The number of pyridine rings is 1. The highest BCUT2D eigenvalue weighted by atomic mass is 32.1. The van der Waals surface area contributed by atoms with E-state index < -0.39 is 5.60 Å². The average Bonchev–Trinajstić information content (AvgIpc) is 3.60. The minimum absolute atomic E-state index is 0.229. The largest absolute Gasteiger partial charge is 0.496 e. The molecule has 186 valence electrons. The molecule has 10 heteroatoms. The number of ether oxygens (including phenoxy) is 3. The first-order valence-electron chi connectivity index (χ1n) is 11.9. The average molecular weight is 507 g/mol. The van der Waals surface area contributed by atoms with Gasteiger partial charge in [-0.05, 0) is 24.6 Å². The van der Waals surface area contributed by atoms with E-state index in [1.165, 1.54) is 0 Å². The van der Waals surface area contributed by atoms with Crippen molar-refractivity contribution in [2.75, 3.05) is 20.3 Å². The number of rotatable bonds is 7. The van der Waals surface area contributed by atoms with E-state index in [-0.39, 0.29) is 6.61 Å². The van der Waals surface area contributed by atoms with Gasteiger partial charge in [0, 0.05) is 38.2 Å². The molecule has 1 N–H and O–H groups in total. The second-order valence-electron chi connectivity index (χ2n) is 8.80. The Labute approximate surface area is 211 Å². The fourth-order valence-corrected chi connectivity index (χ4v) is 5.20. The van der Waals surface area contributed by atoms with Crippen LogP contribution in [0, 0.1) is 0 Å². The number of imidazole rings is 1. The van der Waals surface area contributed by atoms with Crippen molar-refractivity contribution in [1.29, 1.82) is 0 Å². The molecule has 0 aliphatic carbocycles. The first-order valence-corrected chi connectivity index (χ1v) is 12.7. The fraction of sp³-hybridized carbons (Fsp3) is 0.346. The van der Waals surface area contributed by atoms with Gasteiger partial charge in [-0.25, -0.2) is 9.50 Å². The van der Waals surface area contributed by atoms with Gasteiger partial charge in [0.15, 0.2) is 5.76 Å². The van der Waals surface area contributed by atoms with E-state index in [4.69, 9.17) is 18.6 Å². The molecule has 0 unspecified atom stereocenters. The van der Waals surface area contributed by atoms with Crippen LogP contribution in [0.15, 0.2) is 47.0 Å². The summed E-state index contributed by atoms with van der Waals surface area (Å²) in [7, 11) is 1.61. The zero-order valence-corrected chi connectivity index (χ0v) is 20.9. The van der Waals surface area contributed by atoms with Crippen LogP contribution in [0.5, 0.6) is 11.5 Å². The zero-order chi connectivity index (χ0) is 24.7. The molecule has 0 spiro atoms. The minimum atomic E-state index is -0.970.